The molecule has 0 bridgehead atoms. The Kier molecular flexibility index (Phi) is 4.38. The maximum Gasteiger partial charge on any atom is 0.281 e. The molecule has 3 heterocycles. The number of amides is 2. The first kappa shape index (κ1) is 17.6. The molecule has 0 aromatic heterocycles. The van der Waals surface area contributed by atoms with Crippen LogP contribution in [0.2, 0.25) is 0 Å². The van der Waals surface area contributed by atoms with E-state index in [2.05, 4.69) is 0 Å². The molecule has 9 heteroatoms. The number of likely N-dealkylation sites (tertiary alicyclic amines) is 2. The van der Waals surface area contributed by atoms with Gasteiger partial charge in [0.1, 0.15) is 0 Å². The predicted octanol–water partition coefficient (Wildman–Crippen LogP) is -0.804. The third-order valence-electron chi connectivity index (χ3n) is 5.63. The summed E-state index contributed by atoms with van der Waals surface area (Å²) >= 11 is 0. The van der Waals surface area contributed by atoms with Gasteiger partial charge in [0.25, 0.3) is 10.2 Å². The number of carbonyl (C=O) groups excluding carboxylic acids is 2. The van der Waals surface area contributed by atoms with Crippen molar-refractivity contribution in [2.75, 3.05) is 53.4 Å². The van der Waals surface area contributed by atoms with Crippen molar-refractivity contribution < 1.29 is 18.0 Å². The third-order valence-corrected chi connectivity index (χ3v) is 7.48. The molecule has 0 aromatic rings. The molecule has 0 aliphatic carbocycles. The molecule has 24 heavy (non-hydrogen) atoms. The molecule has 136 valence electrons. The molecular weight excluding hydrogens is 332 g/mol. The molecule has 2 atom stereocenters. The lowest BCUT2D eigenvalue weighted by Gasteiger charge is -2.32. The largest absolute Gasteiger partial charge is 0.342 e. The predicted molar refractivity (Wildman–Crippen MR) is 88.2 cm³/mol. The van der Waals surface area contributed by atoms with E-state index in [0.717, 1.165) is 25.9 Å². The second kappa shape index (κ2) is 5.96. The fourth-order valence-electron chi connectivity index (χ4n) is 4.20. The number of fused-ring (bicyclic) bond motifs is 1. The lowest BCUT2D eigenvalue weighted by Crippen LogP contribution is -2.50. The fourth-order valence-corrected chi connectivity index (χ4v) is 5.43. The van der Waals surface area contributed by atoms with Gasteiger partial charge >= 0.3 is 0 Å². The van der Waals surface area contributed by atoms with E-state index in [0.29, 0.717) is 19.6 Å². The highest BCUT2D eigenvalue weighted by Gasteiger charge is 2.61. The van der Waals surface area contributed by atoms with Gasteiger partial charge in [-0.25, -0.2) is 0 Å². The van der Waals surface area contributed by atoms with E-state index in [1.54, 1.807) is 4.90 Å². The van der Waals surface area contributed by atoms with E-state index in [1.165, 1.54) is 29.6 Å². The van der Waals surface area contributed by atoms with Crippen LogP contribution in [-0.2, 0) is 19.8 Å². The van der Waals surface area contributed by atoms with Gasteiger partial charge in [0.05, 0.1) is 5.41 Å². The normalized spacial score (nSPS) is 31.1. The first-order valence-corrected chi connectivity index (χ1v) is 9.80. The number of carbonyl (C=O) groups is 2. The van der Waals surface area contributed by atoms with Crippen LogP contribution in [0.4, 0.5) is 0 Å². The van der Waals surface area contributed by atoms with Gasteiger partial charge in [0.2, 0.25) is 11.8 Å². The minimum absolute atomic E-state index is 0.0187. The first-order chi connectivity index (χ1) is 11.2. The fraction of sp³-hybridized carbons (Fsp3) is 0.867. The first-order valence-electron chi connectivity index (χ1n) is 8.41. The molecule has 0 aromatic carbocycles. The van der Waals surface area contributed by atoms with Crippen LogP contribution in [0.1, 0.15) is 19.8 Å². The second-order valence-electron chi connectivity index (χ2n) is 7.33. The van der Waals surface area contributed by atoms with E-state index in [-0.39, 0.29) is 24.3 Å². The smallest absolute Gasteiger partial charge is 0.281 e. The van der Waals surface area contributed by atoms with Crippen LogP contribution in [0.15, 0.2) is 0 Å². The maximum atomic E-state index is 13.2. The van der Waals surface area contributed by atoms with Gasteiger partial charge < -0.3 is 9.80 Å². The van der Waals surface area contributed by atoms with Crippen LogP contribution in [0.5, 0.6) is 0 Å². The van der Waals surface area contributed by atoms with Gasteiger partial charge in [0, 0.05) is 66.2 Å². The SMILES string of the molecule is CC(=O)N1C[C@H]2CN(S(=O)(=O)N(C)C)C[C@@]2(C(=O)N2CCCC2)C1. The Morgan fingerprint density at radius 1 is 1.04 bits per heavy atom. The lowest BCUT2D eigenvalue weighted by molar-refractivity contribution is -0.141. The molecular formula is C15H26N4O4S. The number of hydrogen-bond acceptors (Lipinski definition) is 4. The molecule has 2 amide bonds. The Bertz CT molecular complexity index is 644. The standard InChI is InChI=1S/C15H26N4O4S/c1-12(20)18-8-13-9-19(24(22,23)16(2)3)11-15(13,10-18)14(21)17-6-4-5-7-17/h13H,4-11H2,1-3H3/t13-,15-/m0/s1. The molecule has 0 saturated carbocycles. The number of nitrogens with zero attached hydrogens (tertiary/aromatic N) is 4. The Balaban J connectivity index is 1.91. The molecule has 0 radical (unpaired) electrons. The van der Waals surface area contributed by atoms with Crippen LogP contribution < -0.4 is 0 Å². The molecule has 8 nitrogen and oxygen atoms in total. The summed E-state index contributed by atoms with van der Waals surface area (Å²) in [6.07, 6.45) is 1.98. The topological polar surface area (TPSA) is 81.2 Å². The number of hydrogen-bond donors (Lipinski definition) is 0. The molecule has 3 fully saturated rings. The lowest BCUT2D eigenvalue weighted by atomic mass is 9.79. The summed E-state index contributed by atoms with van der Waals surface area (Å²) in [5, 5.41) is 0. The van der Waals surface area contributed by atoms with Crippen LogP contribution in [-0.4, -0.2) is 92.0 Å². The summed E-state index contributed by atoms with van der Waals surface area (Å²) in [5.41, 5.74) is -0.793. The maximum absolute atomic E-state index is 13.2. The Morgan fingerprint density at radius 3 is 2.21 bits per heavy atom. The van der Waals surface area contributed by atoms with Crippen LogP contribution in [0.25, 0.3) is 0 Å². The van der Waals surface area contributed by atoms with Crippen LogP contribution in [0, 0.1) is 11.3 Å². The van der Waals surface area contributed by atoms with Gasteiger partial charge in [-0.3, -0.25) is 9.59 Å². The highest BCUT2D eigenvalue weighted by Crippen LogP contribution is 2.45. The molecule has 3 saturated heterocycles. The van der Waals surface area contributed by atoms with Gasteiger partial charge in [-0.05, 0) is 12.8 Å². The summed E-state index contributed by atoms with van der Waals surface area (Å²) in [5.74, 6) is -0.172. The van der Waals surface area contributed by atoms with Crippen LogP contribution in [0.3, 0.4) is 0 Å². The van der Waals surface area contributed by atoms with E-state index >= 15 is 0 Å². The van der Waals surface area contributed by atoms with Crippen molar-refractivity contribution in [1.29, 1.82) is 0 Å². The molecule has 3 aliphatic rings. The van der Waals surface area contributed by atoms with Crippen LogP contribution >= 0.6 is 0 Å². The monoisotopic (exact) mass is 358 g/mol. The Morgan fingerprint density at radius 2 is 1.67 bits per heavy atom. The second-order valence-corrected chi connectivity index (χ2v) is 9.48. The van der Waals surface area contributed by atoms with Gasteiger partial charge in [-0.2, -0.15) is 17.0 Å². The third kappa shape index (κ3) is 2.62. The summed E-state index contributed by atoms with van der Waals surface area (Å²) in [4.78, 5) is 28.6. The summed E-state index contributed by atoms with van der Waals surface area (Å²) in [6.45, 7) is 4.20. The molecule has 3 rings (SSSR count). The zero-order valence-corrected chi connectivity index (χ0v) is 15.4. The highest BCUT2D eigenvalue weighted by molar-refractivity contribution is 7.86. The van der Waals surface area contributed by atoms with Gasteiger partial charge in [-0.15, -0.1) is 0 Å². The quantitative estimate of drug-likeness (QED) is 0.661. The summed E-state index contributed by atoms with van der Waals surface area (Å²) in [7, 11) is -0.559. The summed E-state index contributed by atoms with van der Waals surface area (Å²) in [6, 6.07) is 0. The van der Waals surface area contributed by atoms with E-state index in [9.17, 15) is 18.0 Å². The van der Waals surface area contributed by atoms with Crippen molar-refractivity contribution in [3.05, 3.63) is 0 Å². The average Bonchev–Trinajstić information content (AvgIpc) is 3.20. The Labute approximate surface area is 143 Å². The minimum Gasteiger partial charge on any atom is -0.342 e. The van der Waals surface area contributed by atoms with Crippen molar-refractivity contribution in [2.45, 2.75) is 19.8 Å². The average molecular weight is 358 g/mol. The van der Waals surface area contributed by atoms with E-state index in [1.807, 2.05) is 4.90 Å². The molecule has 3 aliphatic heterocycles. The van der Waals surface area contributed by atoms with Gasteiger partial charge in [-0.1, -0.05) is 0 Å². The number of rotatable bonds is 3. The minimum atomic E-state index is -3.56. The molecule has 0 spiro atoms. The highest BCUT2D eigenvalue weighted by atomic mass is 32.2. The molecule has 0 N–H and O–H groups in total. The van der Waals surface area contributed by atoms with E-state index < -0.39 is 15.6 Å². The zero-order valence-electron chi connectivity index (χ0n) is 14.6. The van der Waals surface area contributed by atoms with Crippen molar-refractivity contribution in [1.82, 2.24) is 18.4 Å². The van der Waals surface area contributed by atoms with Crippen molar-refractivity contribution in [3.63, 3.8) is 0 Å². The van der Waals surface area contributed by atoms with Gasteiger partial charge in [0.15, 0.2) is 0 Å². The molecule has 0 unspecified atom stereocenters. The van der Waals surface area contributed by atoms with Crippen molar-refractivity contribution in [3.8, 4) is 0 Å². The zero-order chi connectivity index (χ0) is 17.7. The Hall–Kier alpha value is -1.19. The van der Waals surface area contributed by atoms with Crippen molar-refractivity contribution >= 4 is 22.0 Å². The summed E-state index contributed by atoms with van der Waals surface area (Å²) < 4.78 is 27.6. The van der Waals surface area contributed by atoms with Crippen molar-refractivity contribution in [2.24, 2.45) is 11.3 Å². The van der Waals surface area contributed by atoms with E-state index in [4.69, 9.17) is 0 Å².